The predicted octanol–water partition coefficient (Wildman–Crippen LogP) is 5.74. The van der Waals surface area contributed by atoms with E-state index in [0.29, 0.717) is 11.5 Å². The highest BCUT2D eigenvalue weighted by atomic mass is 14.6. The molecule has 24 heavy (non-hydrogen) atoms. The molecule has 0 amide bonds. The predicted molar refractivity (Wildman–Crippen MR) is 99.0 cm³/mol. The topological polar surface area (TPSA) is 36.7 Å². The van der Waals surface area contributed by atoms with Gasteiger partial charge in [0.15, 0.2) is 0 Å². The number of aromatic nitrogens is 1. The molecule has 0 spiro atoms. The first-order valence-electron chi connectivity index (χ1n) is 8.82. The fourth-order valence-electron chi connectivity index (χ4n) is 3.74. The molecule has 1 unspecified atom stereocenters. The van der Waals surface area contributed by atoms with E-state index in [1.54, 1.807) is 6.20 Å². The van der Waals surface area contributed by atoms with Crippen LogP contribution in [0.2, 0.25) is 0 Å². The molecule has 2 aromatic rings. The van der Waals surface area contributed by atoms with Crippen molar-refractivity contribution in [1.82, 2.24) is 4.98 Å². The van der Waals surface area contributed by atoms with Gasteiger partial charge in [-0.3, -0.25) is 4.98 Å². The first-order chi connectivity index (χ1) is 11.3. The van der Waals surface area contributed by atoms with Gasteiger partial charge in [0.1, 0.15) is 6.07 Å². The average Bonchev–Trinajstić information content (AvgIpc) is 3.37. The average molecular weight is 318 g/mol. The summed E-state index contributed by atoms with van der Waals surface area (Å²) >= 11 is 0. The van der Waals surface area contributed by atoms with E-state index < -0.39 is 0 Å². The number of hydrogen-bond donors (Lipinski definition) is 0. The summed E-state index contributed by atoms with van der Waals surface area (Å²) in [6.07, 6.45) is 6.21. The summed E-state index contributed by atoms with van der Waals surface area (Å²) < 4.78 is 0. The lowest BCUT2D eigenvalue weighted by molar-refractivity contribution is 0.562. The molecule has 1 aromatic heterocycles. The molecule has 0 bridgehead atoms. The molecule has 3 rings (SSSR count). The Morgan fingerprint density at radius 2 is 1.88 bits per heavy atom. The van der Waals surface area contributed by atoms with E-state index in [1.807, 2.05) is 12.3 Å². The summed E-state index contributed by atoms with van der Waals surface area (Å²) in [6.45, 7) is 11.4. The number of nitrogens with zero attached hydrogens (tertiary/aromatic N) is 2. The standard InChI is InChI=1S/C22H26N2/c1-14-8-19(15(2)17-6-7-17)21(22(3,4)5)20(9-14)18-10-16(11-23)12-24-13-18/h8-10,12-13,15,17H,6-7H2,1-5H3. The summed E-state index contributed by atoms with van der Waals surface area (Å²) in [6, 6.07) is 8.80. The van der Waals surface area contributed by atoms with Crippen LogP contribution < -0.4 is 0 Å². The van der Waals surface area contributed by atoms with E-state index in [2.05, 4.69) is 57.8 Å². The third-order valence-corrected chi connectivity index (χ3v) is 5.06. The van der Waals surface area contributed by atoms with E-state index in [-0.39, 0.29) is 5.41 Å². The molecular weight excluding hydrogens is 292 g/mol. The lowest BCUT2D eigenvalue weighted by Crippen LogP contribution is -2.18. The van der Waals surface area contributed by atoms with Crippen LogP contribution in [0.25, 0.3) is 11.1 Å². The SMILES string of the molecule is Cc1cc(-c2cncc(C#N)c2)c(C(C)(C)C)c(C(C)C2CC2)c1. The van der Waals surface area contributed by atoms with Crippen molar-refractivity contribution < 1.29 is 0 Å². The lowest BCUT2D eigenvalue weighted by atomic mass is 9.74. The second-order valence-electron chi connectivity index (χ2n) is 8.23. The van der Waals surface area contributed by atoms with Gasteiger partial charge in [0, 0.05) is 18.0 Å². The van der Waals surface area contributed by atoms with Gasteiger partial charge in [-0.15, -0.1) is 0 Å². The molecule has 0 radical (unpaired) electrons. The zero-order valence-electron chi connectivity index (χ0n) is 15.4. The summed E-state index contributed by atoms with van der Waals surface area (Å²) in [5, 5.41) is 9.23. The molecule has 2 nitrogen and oxygen atoms in total. The Bertz CT molecular complexity index is 802. The first kappa shape index (κ1) is 16.7. The maximum absolute atomic E-state index is 9.23. The fraction of sp³-hybridized carbons (Fsp3) is 0.455. The third-order valence-electron chi connectivity index (χ3n) is 5.06. The van der Waals surface area contributed by atoms with Crippen molar-refractivity contribution in [2.45, 2.75) is 58.8 Å². The van der Waals surface area contributed by atoms with E-state index in [4.69, 9.17) is 0 Å². The van der Waals surface area contributed by atoms with Crippen molar-refractivity contribution in [3.8, 4) is 17.2 Å². The molecule has 2 heteroatoms. The Hall–Kier alpha value is -2.14. The molecule has 1 atom stereocenters. The molecule has 124 valence electrons. The van der Waals surface area contributed by atoms with Crippen LogP contribution in [-0.2, 0) is 5.41 Å². The van der Waals surface area contributed by atoms with E-state index in [9.17, 15) is 5.26 Å². The van der Waals surface area contributed by atoms with Crippen LogP contribution in [0.1, 0.15) is 68.7 Å². The van der Waals surface area contributed by atoms with Crippen LogP contribution in [0.4, 0.5) is 0 Å². The lowest BCUT2D eigenvalue weighted by Gasteiger charge is -2.30. The van der Waals surface area contributed by atoms with Crippen LogP contribution in [0, 0.1) is 24.2 Å². The van der Waals surface area contributed by atoms with Gasteiger partial charge in [-0.05, 0) is 59.8 Å². The zero-order chi connectivity index (χ0) is 17.5. The minimum atomic E-state index is 0.0458. The minimum absolute atomic E-state index is 0.0458. The van der Waals surface area contributed by atoms with Gasteiger partial charge in [0.2, 0.25) is 0 Å². The molecular formula is C22H26N2. The van der Waals surface area contributed by atoms with Gasteiger partial charge < -0.3 is 0 Å². The molecule has 1 fully saturated rings. The van der Waals surface area contributed by atoms with Crippen LogP contribution in [-0.4, -0.2) is 4.98 Å². The van der Waals surface area contributed by atoms with Crippen molar-refractivity contribution in [2.24, 2.45) is 5.92 Å². The van der Waals surface area contributed by atoms with Crippen LogP contribution in [0.3, 0.4) is 0 Å². The number of hydrogen-bond acceptors (Lipinski definition) is 2. The van der Waals surface area contributed by atoms with E-state index in [1.165, 1.54) is 35.1 Å². The Morgan fingerprint density at radius 3 is 2.46 bits per heavy atom. The fourth-order valence-corrected chi connectivity index (χ4v) is 3.74. The van der Waals surface area contributed by atoms with Gasteiger partial charge in [-0.2, -0.15) is 5.26 Å². The second-order valence-corrected chi connectivity index (χ2v) is 8.23. The molecule has 1 heterocycles. The number of pyridine rings is 1. The highest BCUT2D eigenvalue weighted by Gasteiger charge is 2.33. The number of rotatable bonds is 3. The largest absolute Gasteiger partial charge is 0.263 e. The maximum Gasteiger partial charge on any atom is 0.101 e. The van der Waals surface area contributed by atoms with Crippen molar-refractivity contribution in [2.75, 3.05) is 0 Å². The molecule has 1 aliphatic rings. The third kappa shape index (κ3) is 3.22. The highest BCUT2D eigenvalue weighted by molar-refractivity contribution is 5.72. The van der Waals surface area contributed by atoms with Crippen LogP contribution in [0.5, 0.6) is 0 Å². The van der Waals surface area contributed by atoms with Gasteiger partial charge >= 0.3 is 0 Å². The van der Waals surface area contributed by atoms with Gasteiger partial charge in [-0.25, -0.2) is 0 Å². The summed E-state index contributed by atoms with van der Waals surface area (Å²) in [4.78, 5) is 4.28. The van der Waals surface area contributed by atoms with Crippen LogP contribution >= 0.6 is 0 Å². The molecule has 0 saturated heterocycles. The van der Waals surface area contributed by atoms with Crippen molar-refractivity contribution in [3.05, 3.63) is 52.8 Å². The summed E-state index contributed by atoms with van der Waals surface area (Å²) in [7, 11) is 0. The van der Waals surface area contributed by atoms with E-state index >= 15 is 0 Å². The smallest absolute Gasteiger partial charge is 0.101 e. The van der Waals surface area contributed by atoms with Crippen molar-refractivity contribution in [3.63, 3.8) is 0 Å². The van der Waals surface area contributed by atoms with E-state index in [0.717, 1.165) is 11.5 Å². The molecule has 1 saturated carbocycles. The van der Waals surface area contributed by atoms with Gasteiger partial charge in [0.05, 0.1) is 5.56 Å². The Kier molecular flexibility index (Phi) is 4.22. The zero-order valence-corrected chi connectivity index (χ0v) is 15.4. The number of aryl methyl sites for hydroxylation is 1. The quantitative estimate of drug-likeness (QED) is 0.723. The first-order valence-corrected chi connectivity index (χ1v) is 8.82. The van der Waals surface area contributed by atoms with Crippen LogP contribution in [0.15, 0.2) is 30.6 Å². The summed E-state index contributed by atoms with van der Waals surface area (Å²) in [5.41, 5.74) is 7.10. The molecule has 0 N–H and O–H groups in total. The Labute approximate surface area is 145 Å². The molecule has 0 aliphatic heterocycles. The van der Waals surface area contributed by atoms with Crippen molar-refractivity contribution >= 4 is 0 Å². The van der Waals surface area contributed by atoms with Gasteiger partial charge in [0.25, 0.3) is 0 Å². The van der Waals surface area contributed by atoms with Gasteiger partial charge in [-0.1, -0.05) is 45.4 Å². The number of benzene rings is 1. The molecule has 1 aromatic carbocycles. The molecule has 1 aliphatic carbocycles. The number of nitriles is 1. The van der Waals surface area contributed by atoms with Crippen molar-refractivity contribution in [1.29, 1.82) is 5.26 Å². The normalized spacial score (nSPS) is 15.8. The monoisotopic (exact) mass is 318 g/mol. The Balaban J connectivity index is 2.26. The summed E-state index contributed by atoms with van der Waals surface area (Å²) in [5.74, 6) is 1.41. The Morgan fingerprint density at radius 1 is 1.17 bits per heavy atom. The highest BCUT2D eigenvalue weighted by Crippen LogP contribution is 2.47. The second kappa shape index (κ2) is 6.06. The maximum atomic E-state index is 9.23. The minimum Gasteiger partial charge on any atom is -0.263 e.